The molecule has 3 N–H and O–H groups in total. The lowest BCUT2D eigenvalue weighted by Crippen LogP contribution is -2.41. The number of rotatable bonds is 4. The van der Waals surface area contributed by atoms with Crippen LogP contribution in [0.4, 0.5) is 0 Å². The Kier molecular flexibility index (Phi) is 5.76. The van der Waals surface area contributed by atoms with Crippen LogP contribution in [0.2, 0.25) is 0 Å². The summed E-state index contributed by atoms with van der Waals surface area (Å²) in [6.45, 7) is 2.43. The number of carbonyl (C=O) groups is 1. The van der Waals surface area contributed by atoms with Gasteiger partial charge in [-0.05, 0) is 37.1 Å². The second kappa shape index (κ2) is 7.59. The second-order valence-electron chi connectivity index (χ2n) is 5.62. The van der Waals surface area contributed by atoms with Crippen LogP contribution >= 0.6 is 12.4 Å². The number of nitrogens with one attached hydrogen (secondary N) is 2. The molecule has 1 saturated heterocycles. The van der Waals surface area contributed by atoms with Gasteiger partial charge >= 0.3 is 0 Å². The summed E-state index contributed by atoms with van der Waals surface area (Å²) in [5.41, 5.74) is 2.01. The summed E-state index contributed by atoms with van der Waals surface area (Å²) in [5, 5.41) is 19.6. The highest BCUT2D eigenvalue weighted by Gasteiger charge is 2.28. The molecule has 7 heteroatoms. The van der Waals surface area contributed by atoms with Gasteiger partial charge in [0.2, 0.25) is 5.91 Å². The molecule has 1 aliphatic rings. The minimum Gasteiger partial charge on any atom is -0.392 e. The van der Waals surface area contributed by atoms with Gasteiger partial charge in [-0.2, -0.15) is 5.10 Å². The molecular weight excluding hydrogens is 316 g/mol. The molecule has 1 aliphatic heterocycles. The SMILES string of the molecule is CC(NC(=O)C1CC(O)CN1)c1ccc(-n2cccn2)cc1.Cl. The third-order valence-electron chi connectivity index (χ3n) is 3.94. The third kappa shape index (κ3) is 4.10. The lowest BCUT2D eigenvalue weighted by molar-refractivity contribution is -0.123. The number of benzene rings is 1. The van der Waals surface area contributed by atoms with E-state index >= 15 is 0 Å². The van der Waals surface area contributed by atoms with Crippen LogP contribution in [-0.2, 0) is 4.79 Å². The molecule has 1 aromatic heterocycles. The van der Waals surface area contributed by atoms with E-state index in [2.05, 4.69) is 15.7 Å². The fourth-order valence-electron chi connectivity index (χ4n) is 2.65. The van der Waals surface area contributed by atoms with Gasteiger partial charge in [0.05, 0.1) is 23.9 Å². The van der Waals surface area contributed by atoms with Crippen molar-refractivity contribution in [2.75, 3.05) is 6.54 Å². The van der Waals surface area contributed by atoms with Gasteiger partial charge in [-0.25, -0.2) is 4.68 Å². The molecular formula is C16H21ClN4O2. The summed E-state index contributed by atoms with van der Waals surface area (Å²) in [7, 11) is 0. The molecule has 1 fully saturated rings. The maximum atomic E-state index is 12.1. The zero-order valence-corrected chi connectivity index (χ0v) is 13.7. The van der Waals surface area contributed by atoms with Gasteiger partial charge in [-0.1, -0.05) is 12.1 Å². The summed E-state index contributed by atoms with van der Waals surface area (Å²) in [4.78, 5) is 12.1. The molecule has 0 saturated carbocycles. The van der Waals surface area contributed by atoms with Crippen LogP contribution in [0.5, 0.6) is 0 Å². The summed E-state index contributed by atoms with van der Waals surface area (Å²) in [6.07, 6.45) is 3.66. The van der Waals surface area contributed by atoms with Crippen molar-refractivity contribution >= 4 is 18.3 Å². The number of halogens is 1. The summed E-state index contributed by atoms with van der Waals surface area (Å²) >= 11 is 0. The highest BCUT2D eigenvalue weighted by Crippen LogP contribution is 2.16. The van der Waals surface area contributed by atoms with E-state index in [1.54, 1.807) is 10.9 Å². The van der Waals surface area contributed by atoms with Gasteiger partial charge in [0, 0.05) is 18.9 Å². The van der Waals surface area contributed by atoms with Gasteiger partial charge in [0.1, 0.15) is 0 Å². The van der Waals surface area contributed by atoms with Gasteiger partial charge < -0.3 is 15.7 Å². The summed E-state index contributed by atoms with van der Waals surface area (Å²) in [6, 6.07) is 9.40. The minimum absolute atomic E-state index is 0. The minimum atomic E-state index is -0.431. The Labute approximate surface area is 141 Å². The molecule has 0 bridgehead atoms. The molecule has 3 unspecified atom stereocenters. The molecule has 6 nitrogen and oxygen atoms in total. The Morgan fingerprint density at radius 2 is 2.17 bits per heavy atom. The van der Waals surface area contributed by atoms with Gasteiger partial charge in [-0.15, -0.1) is 12.4 Å². The van der Waals surface area contributed by atoms with E-state index in [4.69, 9.17) is 0 Å². The fraction of sp³-hybridized carbons (Fsp3) is 0.375. The molecule has 124 valence electrons. The molecule has 1 amide bonds. The maximum Gasteiger partial charge on any atom is 0.237 e. The van der Waals surface area contributed by atoms with Crippen molar-refractivity contribution < 1.29 is 9.90 Å². The molecule has 3 rings (SSSR count). The lowest BCUT2D eigenvalue weighted by atomic mass is 10.1. The van der Waals surface area contributed by atoms with Crippen LogP contribution in [-0.4, -0.2) is 39.5 Å². The number of nitrogens with zero attached hydrogens (tertiary/aromatic N) is 2. The van der Waals surface area contributed by atoms with E-state index in [9.17, 15) is 9.90 Å². The number of amides is 1. The van der Waals surface area contributed by atoms with Crippen molar-refractivity contribution in [3.05, 3.63) is 48.3 Å². The first-order valence-corrected chi connectivity index (χ1v) is 7.45. The number of aromatic nitrogens is 2. The van der Waals surface area contributed by atoms with Crippen molar-refractivity contribution in [3.63, 3.8) is 0 Å². The fourth-order valence-corrected chi connectivity index (χ4v) is 2.65. The number of hydrogen-bond donors (Lipinski definition) is 3. The van der Waals surface area contributed by atoms with Crippen molar-refractivity contribution in [1.29, 1.82) is 0 Å². The van der Waals surface area contributed by atoms with Crippen LogP contribution in [0.1, 0.15) is 24.9 Å². The van der Waals surface area contributed by atoms with Crippen LogP contribution in [0.15, 0.2) is 42.7 Å². The topological polar surface area (TPSA) is 79.2 Å². The average Bonchev–Trinajstić information content (AvgIpc) is 3.18. The largest absolute Gasteiger partial charge is 0.392 e. The van der Waals surface area contributed by atoms with Crippen molar-refractivity contribution in [2.45, 2.75) is 31.5 Å². The number of hydrogen-bond acceptors (Lipinski definition) is 4. The molecule has 2 heterocycles. The molecule has 23 heavy (non-hydrogen) atoms. The van der Waals surface area contributed by atoms with Gasteiger partial charge in [-0.3, -0.25) is 4.79 Å². The Hall–Kier alpha value is -1.89. The van der Waals surface area contributed by atoms with E-state index in [1.165, 1.54) is 0 Å². The average molecular weight is 337 g/mol. The first kappa shape index (κ1) is 17.5. The van der Waals surface area contributed by atoms with Gasteiger partial charge in [0.15, 0.2) is 0 Å². The van der Waals surface area contributed by atoms with E-state index in [-0.39, 0.29) is 30.4 Å². The Balaban J connectivity index is 0.00000192. The highest BCUT2D eigenvalue weighted by molar-refractivity contribution is 5.85. The third-order valence-corrected chi connectivity index (χ3v) is 3.94. The summed E-state index contributed by atoms with van der Waals surface area (Å²) < 4.78 is 1.79. The van der Waals surface area contributed by atoms with Crippen LogP contribution in [0.3, 0.4) is 0 Å². The Morgan fingerprint density at radius 3 is 2.74 bits per heavy atom. The van der Waals surface area contributed by atoms with E-state index in [0.29, 0.717) is 13.0 Å². The zero-order chi connectivity index (χ0) is 15.5. The first-order valence-electron chi connectivity index (χ1n) is 7.45. The van der Waals surface area contributed by atoms with E-state index < -0.39 is 6.10 Å². The van der Waals surface area contributed by atoms with Crippen molar-refractivity contribution in [2.24, 2.45) is 0 Å². The quantitative estimate of drug-likeness (QED) is 0.783. The summed E-state index contributed by atoms with van der Waals surface area (Å²) in [5.74, 6) is -0.0693. The van der Waals surface area contributed by atoms with Crippen molar-refractivity contribution in [3.8, 4) is 5.69 Å². The monoisotopic (exact) mass is 336 g/mol. The van der Waals surface area contributed by atoms with E-state index in [0.717, 1.165) is 11.3 Å². The zero-order valence-electron chi connectivity index (χ0n) is 12.8. The molecule has 0 spiro atoms. The van der Waals surface area contributed by atoms with Crippen LogP contribution in [0, 0.1) is 0 Å². The predicted octanol–water partition coefficient (Wildman–Crippen LogP) is 1.19. The molecule has 3 atom stereocenters. The van der Waals surface area contributed by atoms with Gasteiger partial charge in [0.25, 0.3) is 0 Å². The lowest BCUT2D eigenvalue weighted by Gasteiger charge is -2.18. The number of aliphatic hydroxyl groups excluding tert-OH is 1. The molecule has 1 aromatic carbocycles. The van der Waals surface area contributed by atoms with Crippen molar-refractivity contribution in [1.82, 2.24) is 20.4 Å². The smallest absolute Gasteiger partial charge is 0.237 e. The molecule has 0 radical (unpaired) electrons. The number of carbonyl (C=O) groups excluding carboxylic acids is 1. The number of aliphatic hydroxyl groups is 1. The maximum absolute atomic E-state index is 12.1. The number of β-amino-alcohol motifs (C(OH)–C–C–N with tert-alkyl or cyclic N) is 1. The first-order chi connectivity index (χ1) is 10.6. The molecule has 2 aromatic rings. The molecule has 0 aliphatic carbocycles. The Morgan fingerprint density at radius 1 is 1.43 bits per heavy atom. The highest BCUT2D eigenvalue weighted by atomic mass is 35.5. The predicted molar refractivity (Wildman–Crippen MR) is 89.8 cm³/mol. The normalized spacial score (nSPS) is 21.5. The standard InChI is InChI=1S/C16H20N4O2.ClH/c1-11(19-16(22)15-9-14(21)10-17-15)12-3-5-13(6-4-12)20-8-2-7-18-20;/h2-8,11,14-15,17,21H,9-10H2,1H3,(H,19,22);1H. The van der Waals surface area contributed by atoms with Crippen LogP contribution in [0.25, 0.3) is 5.69 Å². The Bertz CT molecular complexity index is 630. The van der Waals surface area contributed by atoms with E-state index in [1.807, 2.05) is 43.5 Å². The van der Waals surface area contributed by atoms with Crippen LogP contribution < -0.4 is 10.6 Å². The second-order valence-corrected chi connectivity index (χ2v) is 5.62.